The van der Waals surface area contributed by atoms with E-state index in [1.165, 1.54) is 58.3 Å². The van der Waals surface area contributed by atoms with E-state index in [0.717, 1.165) is 0 Å². The first-order chi connectivity index (χ1) is 38.1. The fourth-order valence-electron chi connectivity index (χ4n) is 12.3. The molecule has 4 aromatic carbocycles. The van der Waals surface area contributed by atoms with Gasteiger partial charge in [0.1, 0.15) is 41.1 Å². The molecule has 6 heterocycles. The zero-order valence-electron chi connectivity index (χ0n) is 45.0. The minimum absolute atomic E-state index is 0.0843. The van der Waals surface area contributed by atoms with Crippen molar-refractivity contribution < 1.29 is 55.7 Å². The van der Waals surface area contributed by atoms with Gasteiger partial charge >= 0.3 is 12.2 Å². The topological polar surface area (TPSA) is 200 Å². The molecule has 18 nitrogen and oxygen atoms in total. The molecule has 0 saturated carbocycles. The third-order valence-electron chi connectivity index (χ3n) is 16.6. The van der Waals surface area contributed by atoms with E-state index >= 15 is 17.6 Å². The van der Waals surface area contributed by atoms with Crippen LogP contribution < -0.4 is 20.4 Å². The lowest BCUT2D eigenvalue weighted by Crippen LogP contribution is -2.54. The molecule has 10 rings (SSSR count). The van der Waals surface area contributed by atoms with Crippen molar-refractivity contribution in [3.8, 4) is 0 Å². The van der Waals surface area contributed by atoms with Gasteiger partial charge in [-0.25, -0.2) is 37.1 Å². The van der Waals surface area contributed by atoms with E-state index in [2.05, 4.69) is 32.7 Å². The van der Waals surface area contributed by atoms with Crippen LogP contribution in [0.25, 0.3) is 22.1 Å². The average molecular weight is 1100 g/mol. The van der Waals surface area contributed by atoms with Crippen LogP contribution in [0.15, 0.2) is 66.7 Å². The van der Waals surface area contributed by atoms with E-state index in [0.29, 0.717) is 87.4 Å². The van der Waals surface area contributed by atoms with Crippen LogP contribution in [0.5, 0.6) is 0 Å². The highest BCUT2D eigenvalue weighted by Crippen LogP contribution is 2.50. The summed E-state index contributed by atoms with van der Waals surface area (Å²) in [6.45, 7) is 4.87. The second-order valence-corrected chi connectivity index (χ2v) is 21.0. The van der Waals surface area contributed by atoms with Gasteiger partial charge < -0.3 is 59.1 Å². The average Bonchev–Trinajstić information content (AvgIpc) is 4.39. The minimum Gasteiger partial charge on any atom is -0.453 e. The van der Waals surface area contributed by atoms with E-state index in [1.807, 2.05) is 18.2 Å². The number of fused-ring (bicyclic) bond motifs is 2. The van der Waals surface area contributed by atoms with E-state index in [4.69, 9.17) is 28.9 Å². The zero-order chi connectivity index (χ0) is 55.8. The van der Waals surface area contributed by atoms with Crippen LogP contribution in [0.1, 0.15) is 124 Å². The summed E-state index contributed by atoms with van der Waals surface area (Å²) in [5.74, 6) is -2.69. The number of aromatic amines is 2. The van der Waals surface area contributed by atoms with Crippen molar-refractivity contribution in [1.29, 1.82) is 0 Å². The second-order valence-electron chi connectivity index (χ2n) is 21.0. The van der Waals surface area contributed by atoms with Crippen molar-refractivity contribution in [2.24, 2.45) is 0 Å². The summed E-state index contributed by atoms with van der Waals surface area (Å²) in [5.41, 5.74) is 2.89. The fraction of sp³-hybridized carbons (Fsp3) is 0.474. The third kappa shape index (κ3) is 10.8. The van der Waals surface area contributed by atoms with Gasteiger partial charge in [0.05, 0.1) is 72.7 Å². The van der Waals surface area contributed by atoms with Gasteiger partial charge in [-0.1, -0.05) is 30.3 Å². The molecule has 4 N–H and O–H groups in total. The highest BCUT2D eigenvalue weighted by Gasteiger charge is 2.43. The van der Waals surface area contributed by atoms with Crippen LogP contribution in [0.2, 0.25) is 0 Å². The molecule has 4 amide bonds. The zero-order valence-corrected chi connectivity index (χ0v) is 45.0. The fourth-order valence-corrected chi connectivity index (χ4v) is 12.3. The summed E-state index contributed by atoms with van der Waals surface area (Å²) in [4.78, 5) is 75.5. The lowest BCUT2D eigenvalue weighted by atomic mass is 9.89. The van der Waals surface area contributed by atoms with Gasteiger partial charge in [0.25, 0.3) is 0 Å². The second kappa shape index (κ2) is 23.1. The Hall–Kier alpha value is -7.46. The van der Waals surface area contributed by atoms with Crippen molar-refractivity contribution in [1.82, 2.24) is 40.4 Å². The molecule has 0 radical (unpaired) electrons. The van der Waals surface area contributed by atoms with Crippen LogP contribution in [-0.2, 0) is 28.5 Å². The maximum absolute atomic E-state index is 17.0. The molecule has 79 heavy (non-hydrogen) atoms. The number of likely N-dealkylation sites (tertiary alicyclic amines) is 2. The van der Waals surface area contributed by atoms with Crippen LogP contribution in [-0.4, -0.2) is 133 Å². The molecule has 22 heteroatoms. The lowest BCUT2D eigenvalue weighted by molar-refractivity contribution is -0.138. The Morgan fingerprint density at radius 1 is 0.582 bits per heavy atom. The lowest BCUT2D eigenvalue weighted by Gasteiger charge is -2.36. The number of amides is 4. The molecule has 6 aromatic rings. The Morgan fingerprint density at radius 3 is 1.47 bits per heavy atom. The van der Waals surface area contributed by atoms with Gasteiger partial charge in [-0.3, -0.25) is 9.59 Å². The number of hydrogen-bond acceptors (Lipinski definition) is 12. The first-order valence-corrected chi connectivity index (χ1v) is 26.9. The quantitative estimate of drug-likeness (QED) is 0.0712. The number of rotatable bonds is 15. The molecule has 2 aromatic heterocycles. The number of anilines is 2. The van der Waals surface area contributed by atoms with Crippen LogP contribution >= 0.6 is 0 Å². The molecule has 4 aliphatic rings. The number of alkyl carbamates (subject to hydrolysis) is 2. The molecule has 4 fully saturated rings. The molecule has 0 spiro atoms. The summed E-state index contributed by atoms with van der Waals surface area (Å²) in [5, 5.41) is 5.16. The summed E-state index contributed by atoms with van der Waals surface area (Å²) >= 11 is 0. The van der Waals surface area contributed by atoms with Crippen LogP contribution in [0.4, 0.5) is 38.5 Å². The van der Waals surface area contributed by atoms with E-state index in [1.54, 1.807) is 45.6 Å². The van der Waals surface area contributed by atoms with Gasteiger partial charge in [-0.2, -0.15) is 0 Å². The number of ether oxygens (including phenoxy) is 4. The SMILES string of the molecule is COC(=O)N[C@H](C(=O)N1CCC[C@H]1c1nc2cc(F)c([C@H]3CC[C@H](c4cc5[nH]c([C@@H]6CCCN6C(=O)[C@@H](NC(=O)OC)[C@@H](C)OC)nc5cc4F)N3c3cc(F)c(N4CCC(c5ccccc5)CC4)c(F)c3)cc2[nH]1)[C@@H](C)OC. The molecule has 4 aliphatic heterocycles. The number of methoxy groups -OCH3 is 4. The molecule has 4 saturated heterocycles. The normalized spacial score (nSPS) is 21.4. The summed E-state index contributed by atoms with van der Waals surface area (Å²) < 4.78 is 88.2. The summed E-state index contributed by atoms with van der Waals surface area (Å²) in [7, 11) is 5.26. The van der Waals surface area contributed by atoms with Gasteiger partial charge in [0.2, 0.25) is 11.8 Å². The summed E-state index contributed by atoms with van der Waals surface area (Å²) in [6.07, 6.45) is 1.17. The standard InChI is InChI=1S/C57H66F4N10O8/c1-30(76-3)49(66-56(74)78-5)54(72)69-20-10-14-47(69)52-62-41-26-35(37(58)28-43(41)64-52)45-16-17-46(71(45)34-24-39(60)51(40(61)25-34)68-22-18-33(19-23-68)32-12-8-7-9-13-32)36-27-42-44(29-38(36)59)65-53(63-42)48-15-11-21-70(48)55(73)50(31(2)77-4)67-57(75)79-6/h7-9,12-13,24-31,33,45-50H,10-11,14-23H2,1-6H3,(H,62,64)(H,63,65)(H,66,74)(H,67,75)/t30-,31-,45-,46-,47+,48+,49+,50+/m1/s1. The number of hydrogen-bond donors (Lipinski definition) is 4. The number of benzene rings is 4. The number of imidazole rings is 2. The number of piperidine rings is 1. The Kier molecular flexibility index (Phi) is 16.0. The minimum atomic E-state index is -1.07. The Balaban J connectivity index is 0.994. The predicted molar refractivity (Wildman–Crippen MR) is 285 cm³/mol. The monoisotopic (exact) mass is 1090 g/mol. The molecule has 0 bridgehead atoms. The van der Waals surface area contributed by atoms with Gasteiger partial charge in [0.15, 0.2) is 11.6 Å². The van der Waals surface area contributed by atoms with E-state index in [9.17, 15) is 19.2 Å². The highest BCUT2D eigenvalue weighted by atomic mass is 19.1. The number of carbonyl (C=O) groups is 4. The maximum Gasteiger partial charge on any atom is 0.407 e. The molecule has 0 unspecified atom stereocenters. The van der Waals surface area contributed by atoms with Gasteiger partial charge in [-0.15, -0.1) is 0 Å². The van der Waals surface area contributed by atoms with E-state index < -0.39 is 95.7 Å². The first kappa shape index (κ1) is 54.9. The number of carbonyl (C=O) groups excluding carboxylic acids is 4. The van der Waals surface area contributed by atoms with Crippen molar-refractivity contribution in [3.05, 3.63) is 118 Å². The number of nitrogens with zero attached hydrogens (tertiary/aromatic N) is 6. The van der Waals surface area contributed by atoms with Gasteiger partial charge in [0, 0.05) is 69.3 Å². The molecular formula is C57H66F4N10O8. The van der Waals surface area contributed by atoms with Crippen molar-refractivity contribution >= 4 is 57.4 Å². The predicted octanol–water partition coefficient (Wildman–Crippen LogP) is 9.31. The van der Waals surface area contributed by atoms with Crippen molar-refractivity contribution in [2.75, 3.05) is 64.4 Å². The Bertz CT molecular complexity index is 3050. The third-order valence-corrected chi connectivity index (χ3v) is 16.6. The molecule has 0 aliphatic carbocycles. The van der Waals surface area contributed by atoms with Crippen LogP contribution in [0.3, 0.4) is 0 Å². The largest absolute Gasteiger partial charge is 0.453 e. The molecular weight excluding hydrogens is 1030 g/mol. The number of H-pyrrole nitrogens is 2. The Morgan fingerprint density at radius 2 is 1.04 bits per heavy atom. The van der Waals surface area contributed by atoms with E-state index in [-0.39, 0.29) is 52.3 Å². The molecule has 420 valence electrons. The van der Waals surface area contributed by atoms with Crippen LogP contribution in [0, 0.1) is 23.3 Å². The number of nitrogens with one attached hydrogen (secondary N) is 4. The molecule has 8 atom stereocenters. The maximum atomic E-state index is 17.0. The van der Waals surface area contributed by atoms with Crippen molar-refractivity contribution in [3.63, 3.8) is 0 Å². The Labute approximate surface area is 454 Å². The first-order valence-electron chi connectivity index (χ1n) is 26.9. The number of aromatic nitrogens is 4. The van der Waals surface area contributed by atoms with Crippen molar-refractivity contribution in [2.45, 2.75) is 120 Å². The number of halogens is 4. The smallest absolute Gasteiger partial charge is 0.407 e. The summed E-state index contributed by atoms with van der Waals surface area (Å²) in [6, 6.07) is 13.4. The highest BCUT2D eigenvalue weighted by molar-refractivity contribution is 5.88. The van der Waals surface area contributed by atoms with Gasteiger partial charge in [-0.05, 0) is 101 Å².